The summed E-state index contributed by atoms with van der Waals surface area (Å²) in [5.74, 6) is 2.38. The molecule has 1 unspecified atom stereocenters. The Balaban J connectivity index is 1.71. The van der Waals surface area contributed by atoms with Crippen LogP contribution in [0.2, 0.25) is 0 Å². The number of hydrogen-bond donors (Lipinski definition) is 0. The van der Waals surface area contributed by atoms with Gasteiger partial charge in [-0.1, -0.05) is 56.3 Å². The summed E-state index contributed by atoms with van der Waals surface area (Å²) in [6, 6.07) is 20.0. The Bertz CT molecular complexity index is 749. The van der Waals surface area contributed by atoms with E-state index in [1.54, 1.807) is 0 Å². The third-order valence-corrected chi connectivity index (χ3v) is 5.73. The maximum absolute atomic E-state index is 4.16. The Kier molecular flexibility index (Phi) is 6.96. The minimum atomic E-state index is 0.410. The fourth-order valence-electron chi connectivity index (χ4n) is 3.12. The number of rotatable bonds is 9. The van der Waals surface area contributed by atoms with E-state index in [1.165, 1.54) is 28.2 Å². The van der Waals surface area contributed by atoms with Crippen LogP contribution in [0.1, 0.15) is 43.7 Å². The zero-order valence-corrected chi connectivity index (χ0v) is 16.5. The van der Waals surface area contributed by atoms with Crippen molar-refractivity contribution in [2.45, 2.75) is 44.0 Å². The summed E-state index contributed by atoms with van der Waals surface area (Å²) in [7, 11) is 0. The Morgan fingerprint density at radius 1 is 0.923 bits per heavy atom. The van der Waals surface area contributed by atoms with Crippen LogP contribution in [0.5, 0.6) is 0 Å². The van der Waals surface area contributed by atoms with Gasteiger partial charge in [0.1, 0.15) is 0 Å². The van der Waals surface area contributed by atoms with E-state index in [4.69, 9.17) is 0 Å². The molecular formula is C23H28N2S. The predicted octanol–water partition coefficient (Wildman–Crippen LogP) is 6.24. The van der Waals surface area contributed by atoms with E-state index < -0.39 is 0 Å². The Labute approximate surface area is 161 Å². The van der Waals surface area contributed by atoms with Gasteiger partial charge in [0, 0.05) is 29.8 Å². The van der Waals surface area contributed by atoms with Crippen LogP contribution in [0.3, 0.4) is 0 Å². The highest BCUT2D eigenvalue weighted by Gasteiger charge is 2.14. The van der Waals surface area contributed by atoms with E-state index in [9.17, 15) is 0 Å². The average Bonchev–Trinajstić information content (AvgIpc) is 3.17. The van der Waals surface area contributed by atoms with Crippen molar-refractivity contribution in [1.29, 1.82) is 0 Å². The van der Waals surface area contributed by atoms with E-state index in [0.717, 1.165) is 18.9 Å². The molecule has 1 atom stereocenters. The van der Waals surface area contributed by atoms with E-state index in [2.05, 4.69) is 78.0 Å². The number of imidazole rings is 1. The SMILES string of the molecule is CC(C)CCSc1ccc(C(CCn2ccnc2)c2ccccc2)cc1. The summed E-state index contributed by atoms with van der Waals surface area (Å²) in [5, 5.41) is 0. The number of nitrogens with zero attached hydrogens (tertiary/aromatic N) is 2. The van der Waals surface area contributed by atoms with Gasteiger partial charge in [0.25, 0.3) is 0 Å². The number of thioether (sulfide) groups is 1. The number of benzene rings is 2. The molecule has 0 fully saturated rings. The molecule has 0 N–H and O–H groups in total. The van der Waals surface area contributed by atoms with Crippen molar-refractivity contribution in [2.75, 3.05) is 5.75 Å². The van der Waals surface area contributed by atoms with Gasteiger partial charge < -0.3 is 4.57 Å². The monoisotopic (exact) mass is 364 g/mol. The molecule has 0 aliphatic rings. The second-order valence-electron chi connectivity index (χ2n) is 7.15. The van der Waals surface area contributed by atoms with Crippen molar-refractivity contribution in [3.8, 4) is 0 Å². The third kappa shape index (κ3) is 5.50. The standard InChI is InChI=1S/C23H28N2S/c1-19(2)13-17-26-22-10-8-21(9-11-22)23(20-6-4-3-5-7-20)12-15-25-16-14-24-18-25/h3-11,14,16,18-19,23H,12-13,15,17H2,1-2H3. The topological polar surface area (TPSA) is 17.8 Å². The smallest absolute Gasteiger partial charge is 0.0945 e. The first-order valence-electron chi connectivity index (χ1n) is 9.46. The highest BCUT2D eigenvalue weighted by Crippen LogP contribution is 2.30. The Hall–Kier alpha value is -2.00. The van der Waals surface area contributed by atoms with E-state index in [1.807, 2.05) is 30.5 Å². The number of aryl methyl sites for hydroxylation is 1. The normalized spacial score (nSPS) is 12.4. The quantitative estimate of drug-likeness (QED) is 0.418. The van der Waals surface area contributed by atoms with Gasteiger partial charge >= 0.3 is 0 Å². The maximum Gasteiger partial charge on any atom is 0.0945 e. The molecule has 3 rings (SSSR count). The molecule has 3 aromatic rings. The van der Waals surface area contributed by atoms with E-state index >= 15 is 0 Å². The summed E-state index contributed by atoms with van der Waals surface area (Å²) >= 11 is 1.96. The van der Waals surface area contributed by atoms with Crippen LogP contribution in [-0.4, -0.2) is 15.3 Å². The second-order valence-corrected chi connectivity index (χ2v) is 8.32. The fourth-order valence-corrected chi connectivity index (χ4v) is 4.27. The van der Waals surface area contributed by atoms with Crippen LogP contribution < -0.4 is 0 Å². The lowest BCUT2D eigenvalue weighted by Gasteiger charge is -2.19. The molecule has 26 heavy (non-hydrogen) atoms. The van der Waals surface area contributed by atoms with Crippen molar-refractivity contribution in [1.82, 2.24) is 9.55 Å². The largest absolute Gasteiger partial charge is 0.337 e. The molecule has 2 nitrogen and oxygen atoms in total. The summed E-state index contributed by atoms with van der Waals surface area (Å²) in [6.45, 7) is 5.55. The molecule has 0 radical (unpaired) electrons. The maximum atomic E-state index is 4.16. The third-order valence-electron chi connectivity index (χ3n) is 4.68. The first kappa shape index (κ1) is 18.8. The molecule has 1 heterocycles. The van der Waals surface area contributed by atoms with Gasteiger partial charge in [0.15, 0.2) is 0 Å². The predicted molar refractivity (Wildman–Crippen MR) is 112 cm³/mol. The van der Waals surface area contributed by atoms with Crippen LogP contribution in [0.15, 0.2) is 78.2 Å². The average molecular weight is 365 g/mol. The molecule has 0 spiro atoms. The lowest BCUT2D eigenvalue weighted by Crippen LogP contribution is -2.06. The van der Waals surface area contributed by atoms with E-state index in [-0.39, 0.29) is 0 Å². The molecule has 0 aliphatic heterocycles. The van der Waals surface area contributed by atoms with Gasteiger partial charge in [-0.3, -0.25) is 0 Å². The summed E-state index contributed by atoms with van der Waals surface area (Å²) in [4.78, 5) is 5.53. The van der Waals surface area contributed by atoms with Crippen LogP contribution in [-0.2, 0) is 6.54 Å². The molecule has 1 aromatic heterocycles. The second kappa shape index (κ2) is 9.63. The zero-order valence-electron chi connectivity index (χ0n) is 15.7. The van der Waals surface area contributed by atoms with Gasteiger partial charge in [0.2, 0.25) is 0 Å². The summed E-state index contributed by atoms with van der Waals surface area (Å²) in [6.07, 6.45) is 8.12. The highest BCUT2D eigenvalue weighted by molar-refractivity contribution is 7.99. The molecule has 3 heteroatoms. The zero-order chi connectivity index (χ0) is 18.2. The molecule has 0 amide bonds. The number of hydrogen-bond acceptors (Lipinski definition) is 2. The molecule has 0 bridgehead atoms. The first-order chi connectivity index (χ1) is 12.7. The van der Waals surface area contributed by atoms with Crippen LogP contribution >= 0.6 is 11.8 Å². The Morgan fingerprint density at radius 3 is 2.31 bits per heavy atom. The number of aromatic nitrogens is 2. The minimum Gasteiger partial charge on any atom is -0.337 e. The Morgan fingerprint density at radius 2 is 1.65 bits per heavy atom. The van der Waals surface area contributed by atoms with Crippen LogP contribution in [0, 0.1) is 5.92 Å². The van der Waals surface area contributed by atoms with Gasteiger partial charge in [0.05, 0.1) is 6.33 Å². The lowest BCUT2D eigenvalue weighted by atomic mass is 9.88. The van der Waals surface area contributed by atoms with Crippen molar-refractivity contribution in [3.63, 3.8) is 0 Å². The van der Waals surface area contributed by atoms with Crippen molar-refractivity contribution < 1.29 is 0 Å². The molecule has 2 aromatic carbocycles. The van der Waals surface area contributed by atoms with Gasteiger partial charge in [-0.15, -0.1) is 11.8 Å². The minimum absolute atomic E-state index is 0.410. The fraction of sp³-hybridized carbons (Fsp3) is 0.348. The van der Waals surface area contributed by atoms with Crippen molar-refractivity contribution >= 4 is 11.8 Å². The highest BCUT2D eigenvalue weighted by atomic mass is 32.2. The van der Waals surface area contributed by atoms with Gasteiger partial charge in [-0.2, -0.15) is 0 Å². The van der Waals surface area contributed by atoms with Gasteiger partial charge in [-0.25, -0.2) is 4.98 Å². The molecular weight excluding hydrogens is 336 g/mol. The summed E-state index contributed by atoms with van der Waals surface area (Å²) < 4.78 is 2.16. The van der Waals surface area contributed by atoms with Gasteiger partial charge in [-0.05, 0) is 47.8 Å². The molecule has 0 aliphatic carbocycles. The van der Waals surface area contributed by atoms with Crippen LogP contribution in [0.4, 0.5) is 0 Å². The molecule has 136 valence electrons. The van der Waals surface area contributed by atoms with Crippen LogP contribution in [0.25, 0.3) is 0 Å². The first-order valence-corrected chi connectivity index (χ1v) is 10.4. The molecule has 0 saturated carbocycles. The molecule has 0 saturated heterocycles. The summed E-state index contributed by atoms with van der Waals surface area (Å²) in [5.41, 5.74) is 2.78. The van der Waals surface area contributed by atoms with E-state index in [0.29, 0.717) is 5.92 Å². The van der Waals surface area contributed by atoms with Crippen molar-refractivity contribution in [2.24, 2.45) is 5.92 Å². The van der Waals surface area contributed by atoms with Crippen molar-refractivity contribution in [3.05, 3.63) is 84.4 Å². The lowest BCUT2D eigenvalue weighted by molar-refractivity contribution is 0.595.